The van der Waals surface area contributed by atoms with Gasteiger partial charge in [0.25, 0.3) is 0 Å². The number of imidazole rings is 1. The lowest BCUT2D eigenvalue weighted by Gasteiger charge is -2.36. The molecule has 2 aromatic heterocycles. The van der Waals surface area contributed by atoms with Gasteiger partial charge in [-0.25, -0.2) is 4.98 Å². The molecule has 29 heavy (non-hydrogen) atoms. The van der Waals surface area contributed by atoms with Gasteiger partial charge < -0.3 is 19.7 Å². The summed E-state index contributed by atoms with van der Waals surface area (Å²) in [5, 5.41) is 7.49. The van der Waals surface area contributed by atoms with Gasteiger partial charge in [-0.3, -0.25) is 9.89 Å². The highest BCUT2D eigenvalue weighted by Gasteiger charge is 2.20. The number of aromatic nitrogens is 3. The van der Waals surface area contributed by atoms with E-state index in [9.17, 15) is 0 Å². The Morgan fingerprint density at radius 3 is 2.76 bits per heavy atom. The highest BCUT2D eigenvalue weighted by molar-refractivity contribution is 14.0. The molecule has 0 bridgehead atoms. The molecule has 3 aromatic rings. The zero-order chi connectivity index (χ0) is 19.2. The number of rotatable bonds is 6. The van der Waals surface area contributed by atoms with Crippen molar-refractivity contribution >= 4 is 41.0 Å². The SMILES string of the molecule is CN=C(NCCCc1nc2ccccc2[nH]1)N1CCN(Cc2ccon2)CC1.I. The van der Waals surface area contributed by atoms with E-state index in [-0.39, 0.29) is 24.0 Å². The molecule has 1 aliphatic rings. The van der Waals surface area contributed by atoms with Gasteiger partial charge >= 0.3 is 0 Å². The maximum absolute atomic E-state index is 4.91. The summed E-state index contributed by atoms with van der Waals surface area (Å²) in [5.41, 5.74) is 3.12. The van der Waals surface area contributed by atoms with Gasteiger partial charge in [0, 0.05) is 58.8 Å². The van der Waals surface area contributed by atoms with Crippen LogP contribution in [0.25, 0.3) is 11.0 Å². The Kier molecular flexibility index (Phi) is 7.87. The number of halogens is 1. The molecule has 0 spiro atoms. The van der Waals surface area contributed by atoms with Crippen LogP contribution in [-0.2, 0) is 13.0 Å². The predicted octanol–water partition coefficient (Wildman–Crippen LogP) is 2.49. The van der Waals surface area contributed by atoms with Crippen LogP contribution in [-0.4, -0.2) is 70.7 Å². The third-order valence-electron chi connectivity index (χ3n) is 5.07. The normalized spacial score (nSPS) is 15.5. The molecule has 9 heteroatoms. The molecular formula is C20H28IN7O. The largest absolute Gasteiger partial charge is 0.364 e. The Bertz CT molecular complexity index is 868. The van der Waals surface area contributed by atoms with E-state index >= 15 is 0 Å². The first-order valence-electron chi connectivity index (χ1n) is 9.82. The number of nitrogens with one attached hydrogen (secondary N) is 2. The van der Waals surface area contributed by atoms with Crippen molar-refractivity contribution in [3.63, 3.8) is 0 Å². The van der Waals surface area contributed by atoms with E-state index in [1.54, 1.807) is 6.26 Å². The van der Waals surface area contributed by atoms with E-state index in [1.165, 1.54) is 0 Å². The third kappa shape index (κ3) is 5.69. The maximum Gasteiger partial charge on any atom is 0.193 e. The summed E-state index contributed by atoms with van der Waals surface area (Å²) < 4.78 is 4.91. The fraction of sp³-hybridized carbons (Fsp3) is 0.450. The molecule has 8 nitrogen and oxygen atoms in total. The molecule has 0 amide bonds. The minimum absolute atomic E-state index is 0. The van der Waals surface area contributed by atoms with E-state index in [4.69, 9.17) is 4.52 Å². The number of H-pyrrole nitrogens is 1. The van der Waals surface area contributed by atoms with Crippen LogP contribution in [0.2, 0.25) is 0 Å². The number of aryl methyl sites for hydroxylation is 1. The molecule has 1 fully saturated rings. The van der Waals surface area contributed by atoms with Crippen LogP contribution in [0.1, 0.15) is 17.9 Å². The standard InChI is InChI=1S/C20H27N7O.HI/c1-21-20(27-12-10-26(11-13-27)15-16-8-14-28-25-16)22-9-4-7-19-23-17-5-2-3-6-18(17)24-19;/h2-3,5-6,8,14H,4,7,9-13,15H2,1H3,(H,21,22)(H,23,24);1H. The number of guanidine groups is 1. The van der Waals surface area contributed by atoms with Gasteiger partial charge in [-0.1, -0.05) is 17.3 Å². The molecule has 0 unspecified atom stereocenters. The first-order chi connectivity index (χ1) is 13.8. The second kappa shape index (κ2) is 10.6. The van der Waals surface area contributed by atoms with Gasteiger partial charge in [-0.15, -0.1) is 24.0 Å². The van der Waals surface area contributed by atoms with Crippen LogP contribution in [0.5, 0.6) is 0 Å². The van der Waals surface area contributed by atoms with Gasteiger partial charge in [0.05, 0.1) is 16.7 Å². The summed E-state index contributed by atoms with van der Waals surface area (Å²) in [5.74, 6) is 2.02. The van der Waals surface area contributed by atoms with Crippen LogP contribution in [0.4, 0.5) is 0 Å². The number of aromatic amines is 1. The minimum atomic E-state index is 0. The molecule has 156 valence electrons. The summed E-state index contributed by atoms with van der Waals surface area (Å²) >= 11 is 0. The van der Waals surface area contributed by atoms with E-state index in [0.717, 1.165) is 80.6 Å². The second-order valence-electron chi connectivity index (χ2n) is 7.03. The van der Waals surface area contributed by atoms with E-state index in [1.807, 2.05) is 31.3 Å². The number of hydrogen-bond acceptors (Lipinski definition) is 5. The van der Waals surface area contributed by atoms with Crippen LogP contribution in [0.3, 0.4) is 0 Å². The number of piperazine rings is 1. The number of aliphatic imine (C=N–C) groups is 1. The maximum atomic E-state index is 4.91. The monoisotopic (exact) mass is 509 g/mol. The molecule has 0 radical (unpaired) electrons. The first kappa shape index (κ1) is 21.6. The lowest BCUT2D eigenvalue weighted by Crippen LogP contribution is -2.52. The molecule has 0 aliphatic carbocycles. The van der Waals surface area contributed by atoms with Crippen molar-refractivity contribution in [2.24, 2.45) is 4.99 Å². The average molecular weight is 509 g/mol. The smallest absolute Gasteiger partial charge is 0.193 e. The Hall–Kier alpha value is -2.14. The number of fused-ring (bicyclic) bond motifs is 1. The summed E-state index contributed by atoms with van der Waals surface area (Å²) in [4.78, 5) is 17.2. The predicted molar refractivity (Wildman–Crippen MR) is 125 cm³/mol. The number of nitrogens with zero attached hydrogens (tertiary/aromatic N) is 5. The number of para-hydroxylation sites is 2. The Labute approximate surface area is 187 Å². The number of hydrogen-bond donors (Lipinski definition) is 2. The van der Waals surface area contributed by atoms with Gasteiger partial charge in [-0.05, 0) is 18.6 Å². The van der Waals surface area contributed by atoms with E-state index in [2.05, 4.69) is 41.3 Å². The van der Waals surface area contributed by atoms with E-state index < -0.39 is 0 Å². The van der Waals surface area contributed by atoms with Crippen LogP contribution < -0.4 is 5.32 Å². The highest BCUT2D eigenvalue weighted by Crippen LogP contribution is 2.11. The van der Waals surface area contributed by atoms with Crippen molar-refractivity contribution in [2.75, 3.05) is 39.8 Å². The Morgan fingerprint density at radius 1 is 1.21 bits per heavy atom. The first-order valence-corrected chi connectivity index (χ1v) is 9.82. The average Bonchev–Trinajstić information content (AvgIpc) is 3.38. The van der Waals surface area contributed by atoms with Crippen molar-refractivity contribution in [1.29, 1.82) is 0 Å². The molecule has 2 N–H and O–H groups in total. The fourth-order valence-electron chi connectivity index (χ4n) is 3.58. The lowest BCUT2D eigenvalue weighted by atomic mass is 10.3. The molecule has 1 saturated heterocycles. The molecule has 1 aliphatic heterocycles. The summed E-state index contributed by atoms with van der Waals surface area (Å²) in [7, 11) is 1.85. The minimum Gasteiger partial charge on any atom is -0.364 e. The van der Waals surface area contributed by atoms with Crippen LogP contribution >= 0.6 is 24.0 Å². The highest BCUT2D eigenvalue weighted by atomic mass is 127. The van der Waals surface area contributed by atoms with Crippen molar-refractivity contribution in [2.45, 2.75) is 19.4 Å². The van der Waals surface area contributed by atoms with Crippen molar-refractivity contribution in [3.8, 4) is 0 Å². The summed E-state index contributed by atoms with van der Waals surface area (Å²) in [6.07, 6.45) is 3.55. The zero-order valence-corrected chi connectivity index (χ0v) is 19.0. The summed E-state index contributed by atoms with van der Waals surface area (Å²) in [6.45, 7) is 5.62. The fourth-order valence-corrected chi connectivity index (χ4v) is 3.58. The van der Waals surface area contributed by atoms with Gasteiger partial charge in [0.2, 0.25) is 0 Å². The zero-order valence-electron chi connectivity index (χ0n) is 16.7. The lowest BCUT2D eigenvalue weighted by molar-refractivity contribution is 0.169. The topological polar surface area (TPSA) is 85.6 Å². The molecule has 0 atom stereocenters. The van der Waals surface area contributed by atoms with Gasteiger partial charge in [-0.2, -0.15) is 0 Å². The van der Waals surface area contributed by atoms with Crippen molar-refractivity contribution in [1.82, 2.24) is 30.2 Å². The molecular weight excluding hydrogens is 481 g/mol. The number of benzene rings is 1. The van der Waals surface area contributed by atoms with E-state index in [0.29, 0.717) is 0 Å². The van der Waals surface area contributed by atoms with Crippen LogP contribution in [0, 0.1) is 0 Å². The molecule has 0 saturated carbocycles. The quantitative estimate of drug-likeness (QED) is 0.230. The van der Waals surface area contributed by atoms with Crippen LogP contribution in [0.15, 0.2) is 46.1 Å². The third-order valence-corrected chi connectivity index (χ3v) is 5.07. The molecule has 1 aromatic carbocycles. The van der Waals surface area contributed by atoms with Crippen molar-refractivity contribution in [3.05, 3.63) is 48.1 Å². The summed E-state index contributed by atoms with van der Waals surface area (Å²) in [6, 6.07) is 10.1. The molecule has 4 rings (SSSR count). The Balaban J connectivity index is 0.00000240. The Morgan fingerprint density at radius 2 is 2.03 bits per heavy atom. The van der Waals surface area contributed by atoms with Crippen molar-refractivity contribution < 1.29 is 4.52 Å². The van der Waals surface area contributed by atoms with Gasteiger partial charge in [0.15, 0.2) is 5.96 Å². The van der Waals surface area contributed by atoms with Gasteiger partial charge in [0.1, 0.15) is 12.1 Å². The second-order valence-corrected chi connectivity index (χ2v) is 7.03. The molecule has 3 heterocycles.